The van der Waals surface area contributed by atoms with Gasteiger partial charge in [-0.25, -0.2) is 12.8 Å². The first-order chi connectivity index (χ1) is 12.4. The number of fused-ring (bicyclic) bond motifs is 2. The van der Waals surface area contributed by atoms with Crippen LogP contribution in [-0.4, -0.2) is 38.8 Å². The highest BCUT2D eigenvalue weighted by atomic mass is 32.2. The van der Waals surface area contributed by atoms with Gasteiger partial charge in [-0.05, 0) is 48.4 Å². The van der Waals surface area contributed by atoms with Crippen LogP contribution in [0.3, 0.4) is 0 Å². The summed E-state index contributed by atoms with van der Waals surface area (Å²) in [7, 11) is -2.35. The SMILES string of the molecule is COc1ccc2c(c1)[C@@]1(CCN(S(=O)(=O)c3cccc(F)c3)C1)C(=O)N2. The summed E-state index contributed by atoms with van der Waals surface area (Å²) in [5.74, 6) is -0.238. The van der Waals surface area contributed by atoms with Gasteiger partial charge in [0.2, 0.25) is 15.9 Å². The zero-order valence-corrected chi connectivity index (χ0v) is 14.8. The number of hydrogen-bond acceptors (Lipinski definition) is 4. The maximum absolute atomic E-state index is 13.5. The molecule has 1 amide bonds. The topological polar surface area (TPSA) is 75.7 Å². The summed E-state index contributed by atoms with van der Waals surface area (Å²) in [5, 5.41) is 2.83. The van der Waals surface area contributed by atoms with Gasteiger partial charge in [0.25, 0.3) is 0 Å². The summed E-state index contributed by atoms with van der Waals surface area (Å²) < 4.78 is 45.7. The molecule has 0 aromatic heterocycles. The second-order valence-electron chi connectivity index (χ2n) is 6.49. The van der Waals surface area contributed by atoms with Crippen molar-refractivity contribution < 1.29 is 22.3 Å². The molecule has 2 heterocycles. The van der Waals surface area contributed by atoms with Crippen LogP contribution in [-0.2, 0) is 20.2 Å². The standard InChI is InChI=1S/C18H17FN2O4S/c1-25-13-5-6-16-15(10-13)18(17(22)20-16)7-8-21(11-18)26(23,24)14-4-2-3-12(19)9-14/h2-6,9-10H,7-8,11H2,1H3,(H,20,22)/t18-/m0/s1. The fourth-order valence-electron chi connectivity index (χ4n) is 3.68. The van der Waals surface area contributed by atoms with E-state index in [1.807, 2.05) is 0 Å². The van der Waals surface area contributed by atoms with Crippen molar-refractivity contribution in [2.45, 2.75) is 16.7 Å². The van der Waals surface area contributed by atoms with Gasteiger partial charge in [0.15, 0.2) is 0 Å². The van der Waals surface area contributed by atoms with E-state index in [0.29, 0.717) is 17.9 Å². The van der Waals surface area contributed by atoms with E-state index in [1.165, 1.54) is 29.6 Å². The molecule has 0 bridgehead atoms. The van der Waals surface area contributed by atoms with Gasteiger partial charge >= 0.3 is 0 Å². The molecular weight excluding hydrogens is 359 g/mol. The summed E-state index contributed by atoms with van der Waals surface area (Å²) in [6.07, 6.45) is 0.355. The number of anilines is 1. The Balaban J connectivity index is 1.72. The van der Waals surface area contributed by atoms with Crippen molar-refractivity contribution >= 4 is 21.6 Å². The van der Waals surface area contributed by atoms with Crippen molar-refractivity contribution in [2.75, 3.05) is 25.5 Å². The Morgan fingerprint density at radius 3 is 2.77 bits per heavy atom. The van der Waals surface area contributed by atoms with E-state index in [2.05, 4.69) is 5.32 Å². The number of rotatable bonds is 3. The molecule has 1 atom stereocenters. The predicted octanol–water partition coefficient (Wildman–Crippen LogP) is 2.12. The molecule has 4 rings (SSSR count). The monoisotopic (exact) mass is 376 g/mol. The molecule has 0 aliphatic carbocycles. The van der Waals surface area contributed by atoms with Crippen LogP contribution in [0.1, 0.15) is 12.0 Å². The lowest BCUT2D eigenvalue weighted by molar-refractivity contribution is -0.120. The molecule has 6 nitrogen and oxygen atoms in total. The van der Waals surface area contributed by atoms with Gasteiger partial charge in [0, 0.05) is 18.8 Å². The molecule has 1 N–H and O–H groups in total. The molecule has 1 spiro atoms. The van der Waals surface area contributed by atoms with Crippen molar-refractivity contribution in [3.63, 3.8) is 0 Å². The van der Waals surface area contributed by atoms with E-state index >= 15 is 0 Å². The van der Waals surface area contributed by atoms with Gasteiger partial charge < -0.3 is 10.1 Å². The molecule has 2 aromatic rings. The molecule has 136 valence electrons. The summed E-state index contributed by atoms with van der Waals surface area (Å²) >= 11 is 0. The van der Waals surface area contributed by atoms with E-state index in [9.17, 15) is 17.6 Å². The average molecular weight is 376 g/mol. The Morgan fingerprint density at radius 2 is 2.04 bits per heavy atom. The highest BCUT2D eigenvalue weighted by Crippen LogP contribution is 2.46. The Morgan fingerprint density at radius 1 is 1.23 bits per heavy atom. The smallest absolute Gasteiger partial charge is 0.243 e. The average Bonchev–Trinajstić information content (AvgIpc) is 3.19. The molecule has 2 aliphatic heterocycles. The zero-order valence-electron chi connectivity index (χ0n) is 14.0. The minimum absolute atomic E-state index is 0.0118. The fraction of sp³-hybridized carbons (Fsp3) is 0.278. The molecule has 0 radical (unpaired) electrons. The molecular formula is C18H17FN2O4S. The summed E-state index contributed by atoms with van der Waals surface area (Å²) in [4.78, 5) is 12.6. The van der Waals surface area contributed by atoms with Crippen LogP contribution >= 0.6 is 0 Å². The molecule has 2 aliphatic rings. The third kappa shape index (κ3) is 2.40. The molecule has 0 saturated carbocycles. The molecule has 1 saturated heterocycles. The quantitative estimate of drug-likeness (QED) is 0.890. The molecule has 0 unspecified atom stereocenters. The van der Waals surface area contributed by atoms with Crippen LogP contribution < -0.4 is 10.1 Å². The summed E-state index contributed by atoms with van der Waals surface area (Å²) in [5.41, 5.74) is 0.448. The Bertz CT molecular complexity index is 1010. The second kappa shape index (κ2) is 5.78. The molecule has 1 fully saturated rings. The van der Waals surface area contributed by atoms with E-state index in [1.54, 1.807) is 18.2 Å². The molecule has 8 heteroatoms. The third-order valence-electron chi connectivity index (χ3n) is 5.09. The Labute approximate surface area is 150 Å². The number of methoxy groups -OCH3 is 1. The largest absolute Gasteiger partial charge is 0.497 e. The number of amides is 1. The highest BCUT2D eigenvalue weighted by molar-refractivity contribution is 7.89. The van der Waals surface area contributed by atoms with Gasteiger partial charge in [-0.2, -0.15) is 4.31 Å². The zero-order chi connectivity index (χ0) is 18.5. The van der Waals surface area contributed by atoms with Crippen molar-refractivity contribution in [3.8, 4) is 5.75 Å². The van der Waals surface area contributed by atoms with Crippen molar-refractivity contribution in [1.29, 1.82) is 0 Å². The van der Waals surface area contributed by atoms with Crippen LogP contribution in [0.25, 0.3) is 0 Å². The number of carbonyl (C=O) groups is 1. The lowest BCUT2D eigenvalue weighted by Gasteiger charge is -2.22. The Hall–Kier alpha value is -2.45. The van der Waals surface area contributed by atoms with Gasteiger partial charge in [-0.15, -0.1) is 0 Å². The van der Waals surface area contributed by atoms with Crippen LogP contribution in [0.4, 0.5) is 10.1 Å². The first-order valence-corrected chi connectivity index (χ1v) is 9.56. The number of nitrogens with zero attached hydrogens (tertiary/aromatic N) is 1. The van der Waals surface area contributed by atoms with Crippen LogP contribution in [0.5, 0.6) is 5.75 Å². The van der Waals surface area contributed by atoms with E-state index in [4.69, 9.17) is 4.74 Å². The first kappa shape index (κ1) is 17.0. The van der Waals surface area contributed by atoms with E-state index in [0.717, 1.165) is 11.6 Å². The highest BCUT2D eigenvalue weighted by Gasteiger charge is 2.53. The predicted molar refractivity (Wildman–Crippen MR) is 93.1 cm³/mol. The number of hydrogen-bond donors (Lipinski definition) is 1. The summed E-state index contributed by atoms with van der Waals surface area (Å²) in [6.45, 7) is 0.195. The number of sulfonamides is 1. The van der Waals surface area contributed by atoms with Gasteiger partial charge in [0.1, 0.15) is 11.6 Å². The maximum Gasteiger partial charge on any atom is 0.243 e. The van der Waals surface area contributed by atoms with Crippen molar-refractivity contribution in [3.05, 3.63) is 53.8 Å². The number of halogens is 1. The fourth-order valence-corrected chi connectivity index (χ4v) is 5.21. The number of nitrogens with one attached hydrogen (secondary N) is 1. The van der Waals surface area contributed by atoms with Gasteiger partial charge in [-0.1, -0.05) is 6.07 Å². The normalized spacial score (nSPS) is 22.5. The first-order valence-electron chi connectivity index (χ1n) is 8.12. The van der Waals surface area contributed by atoms with Crippen LogP contribution in [0.2, 0.25) is 0 Å². The third-order valence-corrected chi connectivity index (χ3v) is 6.93. The van der Waals surface area contributed by atoms with Gasteiger partial charge in [0.05, 0.1) is 17.4 Å². The van der Waals surface area contributed by atoms with E-state index in [-0.39, 0.29) is 23.9 Å². The van der Waals surface area contributed by atoms with Crippen molar-refractivity contribution in [1.82, 2.24) is 4.31 Å². The second-order valence-corrected chi connectivity index (χ2v) is 8.43. The van der Waals surface area contributed by atoms with E-state index < -0.39 is 21.3 Å². The van der Waals surface area contributed by atoms with Crippen molar-refractivity contribution in [2.24, 2.45) is 0 Å². The van der Waals surface area contributed by atoms with Crippen LogP contribution in [0.15, 0.2) is 47.4 Å². The lowest BCUT2D eigenvalue weighted by Crippen LogP contribution is -2.39. The minimum atomic E-state index is -3.88. The molecule has 26 heavy (non-hydrogen) atoms. The van der Waals surface area contributed by atoms with Gasteiger partial charge in [-0.3, -0.25) is 4.79 Å². The van der Waals surface area contributed by atoms with Crippen LogP contribution in [0, 0.1) is 5.82 Å². The number of ether oxygens (including phenoxy) is 1. The lowest BCUT2D eigenvalue weighted by atomic mass is 9.81. The maximum atomic E-state index is 13.5. The number of benzene rings is 2. The Kier molecular flexibility index (Phi) is 3.78. The molecule has 2 aromatic carbocycles. The number of carbonyl (C=O) groups excluding carboxylic acids is 1. The summed E-state index contributed by atoms with van der Waals surface area (Å²) in [6, 6.07) is 10.2. The minimum Gasteiger partial charge on any atom is -0.497 e.